The Balaban J connectivity index is 1.85. The van der Waals surface area contributed by atoms with Crippen LogP contribution in [0.3, 0.4) is 0 Å². The van der Waals surface area contributed by atoms with Crippen molar-refractivity contribution in [1.82, 2.24) is 15.0 Å². The van der Waals surface area contributed by atoms with E-state index in [1.54, 1.807) is 12.1 Å². The number of hydrogen-bond acceptors (Lipinski definition) is 8. The summed E-state index contributed by atoms with van der Waals surface area (Å²) in [6.45, 7) is 9.62. The standard InChI is InChI=1S/C27H30F3N3O6/c1-15(2)25(37)38-14-18(13-34)39-23(35)9-6-16-10-19(26(3,4)5)24(36)22(11-16)33-31-20-8-7-17(27(28,29)30)12-21(20)32-33/h7-8,10-12,18,34,36H,1,6,9,13-14H2,2-5H3. The maximum Gasteiger partial charge on any atom is 0.416 e. The van der Waals surface area contributed by atoms with Crippen molar-refractivity contribution in [3.05, 3.63) is 59.2 Å². The van der Waals surface area contributed by atoms with Crippen molar-refractivity contribution < 1.29 is 42.4 Å². The van der Waals surface area contributed by atoms with E-state index in [4.69, 9.17) is 9.47 Å². The fourth-order valence-corrected chi connectivity index (χ4v) is 3.65. The predicted octanol–water partition coefficient (Wildman–Crippen LogP) is 4.40. The van der Waals surface area contributed by atoms with Crippen LogP contribution in [0.15, 0.2) is 42.5 Å². The van der Waals surface area contributed by atoms with Gasteiger partial charge in [-0.1, -0.05) is 33.4 Å². The van der Waals surface area contributed by atoms with Crippen molar-refractivity contribution >= 4 is 23.0 Å². The molecule has 3 aromatic rings. The number of carbonyl (C=O) groups is 2. The summed E-state index contributed by atoms with van der Waals surface area (Å²) in [6.07, 6.45) is -5.54. The number of phenolic OH excluding ortho intramolecular Hbond substituents is 1. The maximum atomic E-state index is 13.1. The van der Waals surface area contributed by atoms with Crippen molar-refractivity contribution in [3.63, 3.8) is 0 Å². The number of carbonyl (C=O) groups excluding carboxylic acids is 2. The van der Waals surface area contributed by atoms with E-state index in [0.717, 1.165) is 16.9 Å². The zero-order chi connectivity index (χ0) is 29.1. The lowest BCUT2D eigenvalue weighted by Crippen LogP contribution is -2.28. The van der Waals surface area contributed by atoms with Crippen LogP contribution in [-0.2, 0) is 37.1 Å². The van der Waals surface area contributed by atoms with Gasteiger partial charge in [-0.25, -0.2) is 4.79 Å². The molecule has 0 amide bonds. The van der Waals surface area contributed by atoms with Gasteiger partial charge in [-0.3, -0.25) is 4.79 Å². The number of aryl methyl sites for hydroxylation is 1. The molecular weight excluding hydrogens is 519 g/mol. The van der Waals surface area contributed by atoms with E-state index < -0.39 is 41.8 Å². The first-order valence-electron chi connectivity index (χ1n) is 12.0. The highest BCUT2D eigenvalue weighted by molar-refractivity contribution is 5.87. The third-order valence-corrected chi connectivity index (χ3v) is 5.75. The molecule has 0 fully saturated rings. The number of aliphatic hydroxyl groups excluding tert-OH is 1. The first-order chi connectivity index (χ1) is 18.1. The van der Waals surface area contributed by atoms with Crippen LogP contribution in [0.2, 0.25) is 0 Å². The van der Waals surface area contributed by atoms with Crippen molar-refractivity contribution in [1.29, 1.82) is 0 Å². The zero-order valence-corrected chi connectivity index (χ0v) is 22.0. The second-order valence-corrected chi connectivity index (χ2v) is 10.1. The molecule has 9 nitrogen and oxygen atoms in total. The number of aromatic nitrogens is 3. The summed E-state index contributed by atoms with van der Waals surface area (Å²) in [7, 11) is 0. The van der Waals surface area contributed by atoms with Gasteiger partial charge in [-0.15, -0.1) is 15.0 Å². The van der Waals surface area contributed by atoms with Gasteiger partial charge in [0.2, 0.25) is 0 Å². The third kappa shape index (κ3) is 7.34. The quantitative estimate of drug-likeness (QED) is 0.297. The lowest BCUT2D eigenvalue weighted by molar-refractivity contribution is -0.159. The van der Waals surface area contributed by atoms with Crippen LogP contribution >= 0.6 is 0 Å². The van der Waals surface area contributed by atoms with Crippen LogP contribution in [0.1, 0.15) is 50.8 Å². The maximum absolute atomic E-state index is 13.1. The highest BCUT2D eigenvalue weighted by Gasteiger charge is 2.31. The molecular formula is C27H30F3N3O6. The number of esters is 2. The summed E-state index contributed by atoms with van der Waals surface area (Å²) >= 11 is 0. The third-order valence-electron chi connectivity index (χ3n) is 5.75. The molecule has 210 valence electrons. The van der Waals surface area contributed by atoms with Crippen LogP contribution in [0, 0.1) is 0 Å². The molecule has 0 saturated heterocycles. The average molecular weight is 550 g/mol. The van der Waals surface area contributed by atoms with Crippen LogP contribution in [0.25, 0.3) is 16.7 Å². The summed E-state index contributed by atoms with van der Waals surface area (Å²) in [6, 6.07) is 6.25. The van der Waals surface area contributed by atoms with E-state index in [0.29, 0.717) is 11.1 Å². The SMILES string of the molecule is C=C(C)C(=O)OCC(CO)OC(=O)CCc1cc(-n2nc3ccc(C(F)(F)F)cc3n2)c(O)c(C(C)(C)C)c1. The number of ether oxygens (including phenoxy) is 2. The molecule has 1 atom stereocenters. The number of aromatic hydroxyl groups is 1. The molecule has 0 saturated carbocycles. The number of halogens is 3. The van der Waals surface area contributed by atoms with Gasteiger partial charge in [0.15, 0.2) is 6.10 Å². The van der Waals surface area contributed by atoms with Gasteiger partial charge in [-0.05, 0) is 48.6 Å². The lowest BCUT2D eigenvalue weighted by atomic mass is 9.84. The Labute approximate surface area is 222 Å². The van der Waals surface area contributed by atoms with Gasteiger partial charge in [0.05, 0.1) is 12.2 Å². The number of rotatable bonds is 9. The molecule has 3 rings (SSSR count). The fourth-order valence-electron chi connectivity index (χ4n) is 3.65. The Morgan fingerprint density at radius 3 is 2.36 bits per heavy atom. The number of fused-ring (bicyclic) bond motifs is 1. The van der Waals surface area contributed by atoms with Gasteiger partial charge in [0.25, 0.3) is 0 Å². The molecule has 0 aliphatic carbocycles. The van der Waals surface area contributed by atoms with Crippen LogP contribution in [0.4, 0.5) is 13.2 Å². The van der Waals surface area contributed by atoms with E-state index in [1.807, 2.05) is 20.8 Å². The number of nitrogens with zero attached hydrogens (tertiary/aromatic N) is 3. The smallest absolute Gasteiger partial charge is 0.416 e. The van der Waals surface area contributed by atoms with Gasteiger partial charge in [0.1, 0.15) is 29.1 Å². The first-order valence-corrected chi connectivity index (χ1v) is 12.0. The number of aliphatic hydroxyl groups is 1. The Bertz CT molecular complexity index is 1390. The number of alkyl halides is 3. The molecule has 0 aliphatic heterocycles. The molecule has 0 spiro atoms. The van der Waals surface area contributed by atoms with Gasteiger partial charge >= 0.3 is 18.1 Å². The van der Waals surface area contributed by atoms with Crippen molar-refractivity contribution in [2.45, 2.75) is 58.2 Å². The Hall–Kier alpha value is -3.93. The molecule has 1 unspecified atom stereocenters. The monoisotopic (exact) mass is 549 g/mol. The van der Waals surface area contributed by atoms with Crippen LogP contribution in [0.5, 0.6) is 5.75 Å². The molecule has 0 aliphatic rings. The molecule has 1 aromatic heterocycles. The Kier molecular flexibility index (Phi) is 8.69. The first kappa shape index (κ1) is 29.6. The molecule has 2 aromatic carbocycles. The summed E-state index contributed by atoms with van der Waals surface area (Å²) in [4.78, 5) is 25.0. The second kappa shape index (κ2) is 11.4. The van der Waals surface area contributed by atoms with Crippen molar-refractivity contribution in [2.75, 3.05) is 13.2 Å². The Morgan fingerprint density at radius 1 is 1.10 bits per heavy atom. The fraction of sp³-hybridized carbons (Fsp3) is 0.407. The molecule has 12 heteroatoms. The summed E-state index contributed by atoms with van der Waals surface area (Å²) in [5.41, 5.74) is 0.211. The highest BCUT2D eigenvalue weighted by atomic mass is 19.4. The van der Waals surface area contributed by atoms with Crippen molar-refractivity contribution in [2.24, 2.45) is 0 Å². The summed E-state index contributed by atoms with van der Waals surface area (Å²) in [5.74, 6) is -1.48. The van der Waals surface area contributed by atoms with E-state index >= 15 is 0 Å². The van der Waals surface area contributed by atoms with E-state index in [1.165, 1.54) is 13.0 Å². The molecule has 39 heavy (non-hydrogen) atoms. The molecule has 2 N–H and O–H groups in total. The minimum Gasteiger partial charge on any atom is -0.505 e. The van der Waals surface area contributed by atoms with Crippen molar-refractivity contribution in [3.8, 4) is 11.4 Å². The van der Waals surface area contributed by atoms with E-state index in [9.17, 15) is 33.0 Å². The number of benzene rings is 2. The van der Waals surface area contributed by atoms with E-state index in [-0.39, 0.29) is 47.5 Å². The topological polar surface area (TPSA) is 124 Å². The Morgan fingerprint density at radius 2 is 1.77 bits per heavy atom. The zero-order valence-electron chi connectivity index (χ0n) is 22.0. The normalized spacial score (nSPS) is 12.8. The minimum absolute atomic E-state index is 0.00194. The number of phenols is 1. The second-order valence-electron chi connectivity index (χ2n) is 10.1. The lowest BCUT2D eigenvalue weighted by Gasteiger charge is -2.23. The van der Waals surface area contributed by atoms with Crippen LogP contribution < -0.4 is 0 Å². The summed E-state index contributed by atoms with van der Waals surface area (Å²) < 4.78 is 49.5. The van der Waals surface area contributed by atoms with Crippen LogP contribution in [-0.4, -0.2) is 56.5 Å². The molecule has 1 heterocycles. The number of hydrogen-bond donors (Lipinski definition) is 2. The summed E-state index contributed by atoms with van der Waals surface area (Å²) in [5, 5.41) is 28.9. The largest absolute Gasteiger partial charge is 0.505 e. The van der Waals surface area contributed by atoms with Gasteiger partial charge < -0.3 is 19.7 Å². The van der Waals surface area contributed by atoms with Gasteiger partial charge in [0, 0.05) is 17.6 Å². The molecule has 0 bridgehead atoms. The van der Waals surface area contributed by atoms with Gasteiger partial charge in [-0.2, -0.15) is 13.2 Å². The minimum atomic E-state index is -4.55. The highest BCUT2D eigenvalue weighted by Crippen LogP contribution is 2.37. The predicted molar refractivity (Wildman–Crippen MR) is 135 cm³/mol. The average Bonchev–Trinajstić information content (AvgIpc) is 3.27. The molecule has 0 radical (unpaired) electrons. The van der Waals surface area contributed by atoms with E-state index in [2.05, 4.69) is 16.8 Å².